The van der Waals surface area contributed by atoms with Gasteiger partial charge in [0.1, 0.15) is 0 Å². The highest BCUT2D eigenvalue weighted by atomic mass is 32.1. The van der Waals surface area contributed by atoms with E-state index in [9.17, 15) is 18.0 Å². The standard InChI is InChI=1S/C19H19F3N6O2S/c1-30-15-7-6-14(26-27-15)28-17(19(20,21)22)11(10-24-28)18(29)23-9-8-16-25-12-4-2-3-5-13(12)31-16/h6-7,10H,2-5,8-9H2,1H3,(H,23,29). The molecule has 12 heteroatoms. The van der Waals surface area contributed by atoms with E-state index in [0.29, 0.717) is 11.1 Å². The number of rotatable bonds is 6. The summed E-state index contributed by atoms with van der Waals surface area (Å²) in [6.07, 6.45) is 0.764. The lowest BCUT2D eigenvalue weighted by Crippen LogP contribution is -2.28. The first-order valence-corrected chi connectivity index (χ1v) is 10.5. The van der Waals surface area contributed by atoms with Crippen LogP contribution in [0.4, 0.5) is 13.2 Å². The van der Waals surface area contributed by atoms with Crippen LogP contribution < -0.4 is 10.1 Å². The average Bonchev–Trinajstić information content (AvgIpc) is 3.38. The summed E-state index contributed by atoms with van der Waals surface area (Å²) in [6, 6.07) is 2.64. The number of nitrogens with one attached hydrogen (secondary N) is 1. The molecule has 4 rings (SSSR count). The maximum atomic E-state index is 13.7. The molecule has 164 valence electrons. The number of thiazole rings is 1. The van der Waals surface area contributed by atoms with Crippen LogP contribution in [0, 0.1) is 0 Å². The van der Waals surface area contributed by atoms with Crippen LogP contribution in [0.3, 0.4) is 0 Å². The van der Waals surface area contributed by atoms with E-state index in [1.54, 1.807) is 11.3 Å². The van der Waals surface area contributed by atoms with E-state index < -0.39 is 23.3 Å². The Bertz CT molecular complexity index is 1050. The fourth-order valence-electron chi connectivity index (χ4n) is 3.39. The van der Waals surface area contributed by atoms with Crippen molar-refractivity contribution in [2.75, 3.05) is 13.7 Å². The molecule has 8 nitrogen and oxygen atoms in total. The molecule has 0 aromatic carbocycles. The number of methoxy groups -OCH3 is 1. The first-order valence-electron chi connectivity index (χ1n) is 9.66. The molecule has 0 unspecified atom stereocenters. The zero-order valence-corrected chi connectivity index (χ0v) is 17.4. The Morgan fingerprint density at radius 1 is 1.26 bits per heavy atom. The highest BCUT2D eigenvalue weighted by Gasteiger charge is 2.41. The second-order valence-corrected chi connectivity index (χ2v) is 8.11. The monoisotopic (exact) mass is 452 g/mol. The largest absolute Gasteiger partial charge is 0.480 e. The average molecular weight is 452 g/mol. The van der Waals surface area contributed by atoms with E-state index >= 15 is 0 Å². The molecule has 3 heterocycles. The van der Waals surface area contributed by atoms with Crippen molar-refractivity contribution in [3.05, 3.63) is 45.2 Å². The number of aromatic nitrogens is 5. The van der Waals surface area contributed by atoms with Crippen LogP contribution in [-0.2, 0) is 25.4 Å². The highest BCUT2D eigenvalue weighted by molar-refractivity contribution is 7.11. The Balaban J connectivity index is 1.49. The Morgan fingerprint density at radius 2 is 2.06 bits per heavy atom. The summed E-state index contributed by atoms with van der Waals surface area (Å²) in [5, 5.41) is 14.5. The van der Waals surface area contributed by atoms with Gasteiger partial charge < -0.3 is 10.1 Å². The number of carbonyl (C=O) groups excluding carboxylic acids is 1. The zero-order valence-electron chi connectivity index (χ0n) is 16.6. The van der Waals surface area contributed by atoms with Crippen LogP contribution in [0.25, 0.3) is 5.82 Å². The summed E-state index contributed by atoms with van der Waals surface area (Å²) in [5.74, 6) is -0.895. The highest BCUT2D eigenvalue weighted by Crippen LogP contribution is 2.33. The molecule has 0 bridgehead atoms. The third-order valence-electron chi connectivity index (χ3n) is 4.85. The topological polar surface area (TPSA) is 94.8 Å². The SMILES string of the molecule is COc1ccc(-n2ncc(C(=O)NCCc3nc4c(s3)CCCC4)c2C(F)(F)F)nn1. The summed E-state index contributed by atoms with van der Waals surface area (Å²) < 4.78 is 46.6. The predicted molar refractivity (Wildman–Crippen MR) is 106 cm³/mol. The predicted octanol–water partition coefficient (Wildman–Crippen LogP) is 3.00. The summed E-state index contributed by atoms with van der Waals surface area (Å²) >= 11 is 1.61. The molecule has 31 heavy (non-hydrogen) atoms. The molecule has 3 aromatic rings. The molecule has 1 aliphatic rings. The lowest BCUT2D eigenvalue weighted by atomic mass is 10.0. The van der Waals surface area contributed by atoms with Gasteiger partial charge in [-0.1, -0.05) is 0 Å². The van der Waals surface area contributed by atoms with Crippen molar-refractivity contribution in [2.24, 2.45) is 0 Å². The van der Waals surface area contributed by atoms with Gasteiger partial charge in [0.15, 0.2) is 11.5 Å². The summed E-state index contributed by atoms with van der Waals surface area (Å²) in [4.78, 5) is 18.4. The number of aryl methyl sites for hydroxylation is 2. The molecule has 1 aliphatic carbocycles. The fourth-order valence-corrected chi connectivity index (χ4v) is 4.54. The van der Waals surface area contributed by atoms with Crippen molar-refractivity contribution >= 4 is 17.2 Å². The third kappa shape index (κ3) is 4.53. The van der Waals surface area contributed by atoms with Gasteiger partial charge in [0.2, 0.25) is 5.88 Å². The molecule has 0 aliphatic heterocycles. The quantitative estimate of drug-likeness (QED) is 0.618. The molecule has 1 N–H and O–H groups in total. The second-order valence-electron chi connectivity index (χ2n) is 6.94. The number of hydrogen-bond acceptors (Lipinski definition) is 7. The lowest BCUT2D eigenvalue weighted by molar-refractivity contribution is -0.143. The zero-order chi connectivity index (χ0) is 22.0. The number of carbonyl (C=O) groups is 1. The number of fused-ring (bicyclic) bond motifs is 1. The molecule has 0 atom stereocenters. The van der Waals surface area contributed by atoms with Crippen molar-refractivity contribution in [3.8, 4) is 11.7 Å². The number of halogens is 3. The van der Waals surface area contributed by atoms with Gasteiger partial charge in [0, 0.05) is 23.9 Å². The summed E-state index contributed by atoms with van der Waals surface area (Å²) in [7, 11) is 1.36. The van der Waals surface area contributed by atoms with E-state index in [1.165, 1.54) is 24.1 Å². The van der Waals surface area contributed by atoms with E-state index in [0.717, 1.165) is 42.6 Å². The van der Waals surface area contributed by atoms with Gasteiger partial charge in [-0.25, -0.2) is 9.67 Å². The van der Waals surface area contributed by atoms with Gasteiger partial charge in [-0.05, 0) is 31.7 Å². The van der Waals surface area contributed by atoms with E-state index in [2.05, 4.69) is 25.6 Å². The van der Waals surface area contributed by atoms with Crippen LogP contribution >= 0.6 is 11.3 Å². The molecular weight excluding hydrogens is 433 g/mol. The van der Waals surface area contributed by atoms with Gasteiger partial charge in [-0.3, -0.25) is 4.79 Å². The molecule has 0 fully saturated rings. The molecule has 0 radical (unpaired) electrons. The number of alkyl halides is 3. The second kappa shape index (κ2) is 8.61. The van der Waals surface area contributed by atoms with Crippen molar-refractivity contribution < 1.29 is 22.7 Å². The Kier molecular flexibility index (Phi) is 5.90. The van der Waals surface area contributed by atoms with Gasteiger partial charge >= 0.3 is 6.18 Å². The first-order chi connectivity index (χ1) is 14.9. The summed E-state index contributed by atoms with van der Waals surface area (Å²) in [5.41, 5.74) is -0.684. The van der Waals surface area contributed by atoms with E-state index in [1.807, 2.05) is 0 Å². The smallest absolute Gasteiger partial charge is 0.434 e. The van der Waals surface area contributed by atoms with Crippen molar-refractivity contribution in [1.82, 2.24) is 30.3 Å². The molecule has 1 amide bonds. The molecule has 0 saturated carbocycles. The van der Waals surface area contributed by atoms with Gasteiger partial charge in [-0.15, -0.1) is 21.5 Å². The Hall–Kier alpha value is -3.02. The summed E-state index contributed by atoms with van der Waals surface area (Å²) in [6.45, 7) is 0.177. The van der Waals surface area contributed by atoms with Crippen molar-refractivity contribution in [1.29, 1.82) is 0 Å². The van der Waals surface area contributed by atoms with Crippen LogP contribution in [0.2, 0.25) is 0 Å². The minimum Gasteiger partial charge on any atom is -0.480 e. The molecule has 0 spiro atoms. The Morgan fingerprint density at radius 3 is 2.74 bits per heavy atom. The maximum absolute atomic E-state index is 13.7. The third-order valence-corrected chi connectivity index (χ3v) is 6.07. The fraction of sp³-hybridized carbons (Fsp3) is 0.421. The van der Waals surface area contributed by atoms with Gasteiger partial charge in [-0.2, -0.15) is 18.3 Å². The van der Waals surface area contributed by atoms with Gasteiger partial charge in [0.05, 0.1) is 29.6 Å². The normalized spacial score (nSPS) is 13.7. The molecule has 0 saturated heterocycles. The lowest BCUT2D eigenvalue weighted by Gasteiger charge is -2.12. The number of amides is 1. The first kappa shape index (κ1) is 21.2. The van der Waals surface area contributed by atoms with Crippen LogP contribution in [0.5, 0.6) is 5.88 Å². The van der Waals surface area contributed by atoms with Gasteiger partial charge in [0.25, 0.3) is 5.91 Å². The number of hydrogen-bond donors (Lipinski definition) is 1. The minimum atomic E-state index is -4.82. The minimum absolute atomic E-state index is 0.145. The van der Waals surface area contributed by atoms with Crippen LogP contribution in [0.15, 0.2) is 18.3 Å². The van der Waals surface area contributed by atoms with E-state index in [-0.39, 0.29) is 18.2 Å². The van der Waals surface area contributed by atoms with Crippen LogP contribution in [-0.4, -0.2) is 44.5 Å². The maximum Gasteiger partial charge on any atom is 0.434 e. The number of ether oxygens (including phenoxy) is 1. The molecule has 3 aromatic heterocycles. The van der Waals surface area contributed by atoms with Crippen molar-refractivity contribution in [3.63, 3.8) is 0 Å². The van der Waals surface area contributed by atoms with Crippen molar-refractivity contribution in [2.45, 2.75) is 38.3 Å². The molecular formula is C19H19F3N6O2S. The Labute approximate surface area is 179 Å². The van der Waals surface area contributed by atoms with Crippen LogP contribution in [0.1, 0.15) is 44.5 Å². The van der Waals surface area contributed by atoms with E-state index in [4.69, 9.17) is 4.74 Å². The number of nitrogens with zero attached hydrogens (tertiary/aromatic N) is 5.